The summed E-state index contributed by atoms with van der Waals surface area (Å²) >= 11 is 0. The number of rotatable bonds is 2. The van der Waals surface area contributed by atoms with Gasteiger partial charge in [-0.15, -0.1) is 0 Å². The first-order valence-electron chi connectivity index (χ1n) is 4.71. The first kappa shape index (κ1) is 11.5. The van der Waals surface area contributed by atoms with Crippen LogP contribution in [-0.2, 0) is 0 Å². The summed E-state index contributed by atoms with van der Waals surface area (Å²) in [4.78, 5) is 11.6. The highest BCUT2D eigenvalue weighted by molar-refractivity contribution is 5.96. The zero-order valence-corrected chi connectivity index (χ0v) is 9.37. The summed E-state index contributed by atoms with van der Waals surface area (Å²) in [5.74, 6) is -0.357. The molecule has 1 atom stereocenters. The summed E-state index contributed by atoms with van der Waals surface area (Å²) in [5.41, 5.74) is 5.41. The second-order valence-electron chi connectivity index (χ2n) is 4.56. The largest absolute Gasteiger partial charge is 0.379 e. The first-order valence-corrected chi connectivity index (χ1v) is 4.71. The van der Waals surface area contributed by atoms with Crippen LogP contribution in [0.2, 0.25) is 0 Å². The molecule has 6 nitrogen and oxygen atoms in total. The van der Waals surface area contributed by atoms with Gasteiger partial charge in [0.2, 0.25) is 11.5 Å². The van der Waals surface area contributed by atoms with E-state index in [-0.39, 0.29) is 28.9 Å². The van der Waals surface area contributed by atoms with Gasteiger partial charge in [-0.3, -0.25) is 4.79 Å². The minimum Gasteiger partial charge on any atom is -0.379 e. The molecule has 0 aliphatic carbocycles. The molecule has 3 N–H and O–H groups in total. The smallest absolute Gasteiger partial charge is 0.277 e. The molecule has 1 rings (SSSR count). The van der Waals surface area contributed by atoms with Crippen LogP contribution in [0.15, 0.2) is 4.63 Å². The number of carbonyl (C=O) groups excluding carboxylic acids is 1. The van der Waals surface area contributed by atoms with Crippen LogP contribution in [0.1, 0.15) is 38.2 Å². The lowest BCUT2D eigenvalue weighted by molar-refractivity contribution is 0.0900. The number of hydrogen-bond acceptors (Lipinski definition) is 5. The van der Waals surface area contributed by atoms with Crippen molar-refractivity contribution >= 4 is 11.7 Å². The number of nitrogens with zero attached hydrogens (tertiary/aromatic N) is 2. The van der Waals surface area contributed by atoms with Crippen molar-refractivity contribution in [3.05, 3.63) is 5.69 Å². The van der Waals surface area contributed by atoms with Crippen LogP contribution in [0, 0.1) is 5.41 Å². The Balaban J connectivity index is 2.69. The van der Waals surface area contributed by atoms with E-state index >= 15 is 0 Å². The standard InChI is InChI=1S/C9H16N4O2/c1-5(9(2,3)4)11-8(14)6-7(10)13-15-12-6/h5H,1-4H3,(H2,10,13)(H,11,14). The van der Waals surface area contributed by atoms with E-state index in [9.17, 15) is 4.79 Å². The molecule has 1 amide bonds. The molecule has 1 aromatic heterocycles. The molecule has 1 heterocycles. The fourth-order valence-corrected chi connectivity index (χ4v) is 0.835. The fourth-order valence-electron chi connectivity index (χ4n) is 0.835. The number of carbonyl (C=O) groups is 1. The van der Waals surface area contributed by atoms with E-state index in [1.807, 2.05) is 27.7 Å². The number of nitrogen functional groups attached to an aromatic ring is 1. The van der Waals surface area contributed by atoms with Gasteiger partial charge in [-0.25, -0.2) is 4.63 Å². The molecule has 0 fully saturated rings. The van der Waals surface area contributed by atoms with Crippen molar-refractivity contribution in [3.63, 3.8) is 0 Å². The Morgan fingerprint density at radius 3 is 2.47 bits per heavy atom. The van der Waals surface area contributed by atoms with E-state index in [1.54, 1.807) is 0 Å². The van der Waals surface area contributed by atoms with E-state index < -0.39 is 0 Å². The predicted molar refractivity (Wildman–Crippen MR) is 55.1 cm³/mol. The van der Waals surface area contributed by atoms with Gasteiger partial charge in [-0.2, -0.15) is 0 Å². The van der Waals surface area contributed by atoms with Crippen LogP contribution >= 0.6 is 0 Å². The van der Waals surface area contributed by atoms with Crippen molar-refractivity contribution < 1.29 is 9.42 Å². The van der Waals surface area contributed by atoms with Gasteiger partial charge in [-0.1, -0.05) is 20.8 Å². The van der Waals surface area contributed by atoms with Crippen LogP contribution in [0.5, 0.6) is 0 Å². The third-order valence-corrected chi connectivity index (χ3v) is 2.38. The minimum atomic E-state index is -0.365. The SMILES string of the molecule is CC(NC(=O)c1nonc1N)C(C)(C)C. The summed E-state index contributed by atoms with van der Waals surface area (Å²) in [7, 11) is 0. The lowest BCUT2D eigenvalue weighted by Gasteiger charge is -2.27. The Morgan fingerprint density at radius 1 is 1.47 bits per heavy atom. The van der Waals surface area contributed by atoms with E-state index in [4.69, 9.17) is 5.73 Å². The second kappa shape index (κ2) is 3.88. The van der Waals surface area contributed by atoms with Gasteiger partial charge >= 0.3 is 0 Å². The van der Waals surface area contributed by atoms with Crippen molar-refractivity contribution in [2.75, 3.05) is 5.73 Å². The molecule has 0 radical (unpaired) electrons. The molecular weight excluding hydrogens is 196 g/mol. The van der Waals surface area contributed by atoms with Crippen LogP contribution in [0.25, 0.3) is 0 Å². The molecule has 0 saturated heterocycles. The van der Waals surface area contributed by atoms with Crippen LogP contribution in [-0.4, -0.2) is 22.3 Å². The van der Waals surface area contributed by atoms with Gasteiger partial charge in [0.05, 0.1) is 0 Å². The second-order valence-corrected chi connectivity index (χ2v) is 4.56. The van der Waals surface area contributed by atoms with E-state index in [0.29, 0.717) is 0 Å². The van der Waals surface area contributed by atoms with Gasteiger partial charge < -0.3 is 11.1 Å². The summed E-state index contributed by atoms with van der Waals surface area (Å²) in [6.45, 7) is 8.01. The summed E-state index contributed by atoms with van der Waals surface area (Å²) < 4.78 is 4.35. The van der Waals surface area contributed by atoms with Gasteiger partial charge in [-0.05, 0) is 22.7 Å². The van der Waals surface area contributed by atoms with Crippen molar-refractivity contribution in [1.82, 2.24) is 15.6 Å². The zero-order chi connectivity index (χ0) is 11.6. The lowest BCUT2D eigenvalue weighted by Crippen LogP contribution is -2.41. The summed E-state index contributed by atoms with van der Waals surface area (Å²) in [6, 6.07) is 0.00102. The van der Waals surface area contributed by atoms with E-state index in [0.717, 1.165) is 0 Å². The molecule has 84 valence electrons. The minimum absolute atomic E-state index is 0.00102. The van der Waals surface area contributed by atoms with Gasteiger partial charge in [0.25, 0.3) is 5.91 Å². The molecule has 1 aromatic rings. The van der Waals surface area contributed by atoms with Gasteiger partial charge in [0.15, 0.2) is 0 Å². The maximum Gasteiger partial charge on any atom is 0.277 e. The molecule has 0 spiro atoms. The molecule has 6 heteroatoms. The summed E-state index contributed by atoms with van der Waals surface area (Å²) in [6.07, 6.45) is 0. The molecule has 15 heavy (non-hydrogen) atoms. The van der Waals surface area contributed by atoms with Crippen molar-refractivity contribution in [1.29, 1.82) is 0 Å². The van der Waals surface area contributed by atoms with E-state index in [2.05, 4.69) is 20.3 Å². The predicted octanol–water partition coefficient (Wildman–Crippen LogP) is 0.816. The van der Waals surface area contributed by atoms with Crippen LogP contribution < -0.4 is 11.1 Å². The quantitative estimate of drug-likeness (QED) is 0.756. The molecule has 1 unspecified atom stereocenters. The van der Waals surface area contributed by atoms with Gasteiger partial charge in [0, 0.05) is 6.04 Å². The Hall–Kier alpha value is -1.59. The molecule has 0 aliphatic rings. The number of hydrogen-bond donors (Lipinski definition) is 2. The number of amides is 1. The Bertz CT molecular complexity index is 353. The van der Waals surface area contributed by atoms with Crippen LogP contribution in [0.4, 0.5) is 5.82 Å². The normalized spacial score (nSPS) is 13.6. The van der Waals surface area contributed by atoms with Crippen molar-refractivity contribution in [2.45, 2.75) is 33.7 Å². The average Bonchev–Trinajstić information content (AvgIpc) is 2.49. The fraction of sp³-hybridized carbons (Fsp3) is 0.667. The number of nitrogens with two attached hydrogens (primary N) is 1. The monoisotopic (exact) mass is 212 g/mol. The maximum atomic E-state index is 11.6. The molecular formula is C9H16N4O2. The highest BCUT2D eigenvalue weighted by atomic mass is 16.6. The Labute approximate surface area is 88.2 Å². The Morgan fingerprint density at radius 2 is 2.07 bits per heavy atom. The van der Waals surface area contributed by atoms with Crippen molar-refractivity contribution in [3.8, 4) is 0 Å². The molecule has 0 bridgehead atoms. The highest BCUT2D eigenvalue weighted by Gasteiger charge is 2.24. The molecule has 0 aromatic carbocycles. The van der Waals surface area contributed by atoms with Crippen molar-refractivity contribution in [2.24, 2.45) is 5.41 Å². The molecule has 0 aliphatic heterocycles. The number of aromatic nitrogens is 2. The highest BCUT2D eigenvalue weighted by Crippen LogP contribution is 2.19. The molecule has 0 saturated carbocycles. The first-order chi connectivity index (χ1) is 6.82. The third kappa shape index (κ3) is 2.68. The maximum absolute atomic E-state index is 11.6. The summed E-state index contributed by atoms with van der Waals surface area (Å²) in [5, 5.41) is 9.55. The van der Waals surface area contributed by atoms with E-state index in [1.165, 1.54) is 0 Å². The van der Waals surface area contributed by atoms with Gasteiger partial charge in [0.1, 0.15) is 0 Å². The third-order valence-electron chi connectivity index (χ3n) is 2.38. The number of anilines is 1. The topological polar surface area (TPSA) is 94.0 Å². The van der Waals surface area contributed by atoms with Crippen LogP contribution in [0.3, 0.4) is 0 Å². The zero-order valence-electron chi connectivity index (χ0n) is 9.37. The number of nitrogens with one attached hydrogen (secondary N) is 1. The average molecular weight is 212 g/mol. The lowest BCUT2D eigenvalue weighted by atomic mass is 9.88. The Kier molecular flexibility index (Phi) is 2.97.